The van der Waals surface area contributed by atoms with Crippen LogP contribution < -0.4 is 4.90 Å². The Kier molecular flexibility index (Phi) is 7.95. The molecule has 176 valence electrons. The van der Waals surface area contributed by atoms with Gasteiger partial charge in [-0.15, -0.1) is 0 Å². The van der Waals surface area contributed by atoms with Gasteiger partial charge in [-0.3, -0.25) is 4.90 Å². The number of hydrogen-bond donors (Lipinski definition) is 0. The zero-order valence-corrected chi connectivity index (χ0v) is 19.9. The van der Waals surface area contributed by atoms with Crippen LogP contribution >= 0.6 is 11.6 Å². The van der Waals surface area contributed by atoms with E-state index < -0.39 is 23.7 Å². The zero-order valence-electron chi connectivity index (χ0n) is 19.1. The van der Waals surface area contributed by atoms with E-state index in [1.165, 1.54) is 6.08 Å². The monoisotopic (exact) mass is 466 g/mol. The summed E-state index contributed by atoms with van der Waals surface area (Å²) in [5, 5.41) is 0.121. The van der Waals surface area contributed by atoms with Crippen LogP contribution in [0, 0.1) is 0 Å². The predicted molar refractivity (Wildman–Crippen MR) is 120 cm³/mol. The number of aromatic nitrogens is 2. The van der Waals surface area contributed by atoms with Crippen molar-refractivity contribution in [2.45, 2.75) is 52.2 Å². The molecule has 2 aliphatic heterocycles. The zero-order chi connectivity index (χ0) is 23.3. The molecule has 9 nitrogen and oxygen atoms in total. The van der Waals surface area contributed by atoms with Crippen molar-refractivity contribution in [2.75, 3.05) is 44.4 Å². The van der Waals surface area contributed by atoms with Gasteiger partial charge in [0, 0.05) is 31.3 Å². The summed E-state index contributed by atoms with van der Waals surface area (Å²) in [6.07, 6.45) is 3.58. The van der Waals surface area contributed by atoms with Crippen LogP contribution in [0.5, 0.6) is 0 Å². The van der Waals surface area contributed by atoms with Gasteiger partial charge in [0.25, 0.3) is 0 Å². The summed E-state index contributed by atoms with van der Waals surface area (Å²) in [7, 11) is 0. The first kappa shape index (κ1) is 24.3. The first-order chi connectivity index (χ1) is 15.2. The summed E-state index contributed by atoms with van der Waals surface area (Å²) in [5.74, 6) is 0.355. The van der Waals surface area contributed by atoms with Gasteiger partial charge in [0.1, 0.15) is 11.4 Å². The largest absolute Gasteiger partial charge is 0.463 e. The van der Waals surface area contributed by atoms with Crippen molar-refractivity contribution in [1.82, 2.24) is 14.9 Å². The van der Waals surface area contributed by atoms with E-state index in [-0.39, 0.29) is 5.28 Å². The molecule has 1 aromatic rings. The van der Waals surface area contributed by atoms with Crippen molar-refractivity contribution in [1.29, 1.82) is 0 Å². The number of halogens is 1. The Morgan fingerprint density at radius 3 is 2.59 bits per heavy atom. The lowest BCUT2D eigenvalue weighted by Gasteiger charge is -2.39. The molecular weight excluding hydrogens is 436 g/mol. The SMILES string of the molecule is CCOC(=O)C=CCC1c2nc(Cl)nc(N3CCOCC3)c2CCN1C(=O)OC(C)(C)C. The first-order valence-corrected chi connectivity index (χ1v) is 11.3. The molecule has 3 rings (SSSR count). The second kappa shape index (κ2) is 10.5. The molecule has 32 heavy (non-hydrogen) atoms. The number of fused-ring (bicyclic) bond motifs is 1. The molecule has 1 atom stereocenters. The van der Waals surface area contributed by atoms with Gasteiger partial charge in [-0.05, 0) is 52.1 Å². The standard InChI is InChI=1S/C22H31ClN4O5/c1-5-31-17(28)8-6-7-16-18-15(9-10-27(16)21(29)32-22(2,3)4)19(25-20(23)24-18)26-11-13-30-14-12-26/h6,8,16H,5,7,9-14H2,1-4H3. The van der Waals surface area contributed by atoms with E-state index in [2.05, 4.69) is 14.9 Å². The van der Waals surface area contributed by atoms with Crippen LogP contribution in [0.2, 0.25) is 5.28 Å². The maximum absolute atomic E-state index is 13.0. The highest BCUT2D eigenvalue weighted by Gasteiger charge is 2.37. The van der Waals surface area contributed by atoms with Gasteiger partial charge in [0.15, 0.2) is 0 Å². The quantitative estimate of drug-likeness (QED) is 0.370. The number of amides is 1. The topological polar surface area (TPSA) is 94.1 Å². The average molecular weight is 467 g/mol. The Bertz CT molecular complexity index is 865. The van der Waals surface area contributed by atoms with Crippen LogP contribution in [0.25, 0.3) is 0 Å². The van der Waals surface area contributed by atoms with Gasteiger partial charge >= 0.3 is 12.1 Å². The summed E-state index contributed by atoms with van der Waals surface area (Å²) in [6.45, 7) is 10.6. The third-order valence-electron chi connectivity index (χ3n) is 5.12. The molecule has 0 radical (unpaired) electrons. The van der Waals surface area contributed by atoms with E-state index in [1.54, 1.807) is 17.9 Å². The highest BCUT2D eigenvalue weighted by atomic mass is 35.5. The number of ether oxygens (including phenoxy) is 3. The van der Waals surface area contributed by atoms with Crippen molar-refractivity contribution in [3.63, 3.8) is 0 Å². The molecular formula is C22H31ClN4O5. The normalized spacial score (nSPS) is 19.1. The molecule has 3 heterocycles. The lowest BCUT2D eigenvalue weighted by molar-refractivity contribution is -0.137. The second-order valence-corrected chi connectivity index (χ2v) is 8.95. The maximum atomic E-state index is 13.0. The Morgan fingerprint density at radius 2 is 1.94 bits per heavy atom. The van der Waals surface area contributed by atoms with Crippen LogP contribution in [-0.4, -0.2) is 72.0 Å². The number of nitrogens with zero attached hydrogens (tertiary/aromatic N) is 4. The molecule has 0 aliphatic carbocycles. The van der Waals surface area contributed by atoms with Crippen LogP contribution in [0.1, 0.15) is 51.4 Å². The number of morpholine rings is 1. The molecule has 1 saturated heterocycles. The minimum Gasteiger partial charge on any atom is -0.463 e. The molecule has 10 heteroatoms. The summed E-state index contributed by atoms with van der Waals surface area (Å²) in [4.78, 5) is 37.6. The number of esters is 1. The Balaban J connectivity index is 1.96. The summed E-state index contributed by atoms with van der Waals surface area (Å²) in [6, 6.07) is -0.445. The van der Waals surface area contributed by atoms with E-state index in [0.717, 1.165) is 11.4 Å². The van der Waals surface area contributed by atoms with Crippen molar-refractivity contribution in [2.24, 2.45) is 0 Å². The van der Waals surface area contributed by atoms with Gasteiger partial charge < -0.3 is 19.1 Å². The molecule has 1 aromatic heterocycles. The third kappa shape index (κ3) is 6.10. The molecule has 1 fully saturated rings. The lowest BCUT2D eigenvalue weighted by Crippen LogP contribution is -2.44. The number of carbonyl (C=O) groups excluding carboxylic acids is 2. The molecule has 0 N–H and O–H groups in total. The van der Waals surface area contributed by atoms with Crippen LogP contribution in [0.4, 0.5) is 10.6 Å². The van der Waals surface area contributed by atoms with Gasteiger partial charge in [0.05, 0.1) is 31.6 Å². The Hall–Kier alpha value is -2.39. The van der Waals surface area contributed by atoms with E-state index in [9.17, 15) is 9.59 Å². The molecule has 2 aliphatic rings. The fraction of sp³-hybridized carbons (Fsp3) is 0.636. The fourth-order valence-corrected chi connectivity index (χ4v) is 3.98. The van der Waals surface area contributed by atoms with E-state index in [0.29, 0.717) is 58.0 Å². The van der Waals surface area contributed by atoms with Crippen molar-refractivity contribution < 1.29 is 23.8 Å². The minimum absolute atomic E-state index is 0.121. The van der Waals surface area contributed by atoms with Crippen molar-refractivity contribution in [3.05, 3.63) is 28.7 Å². The number of rotatable bonds is 5. The second-order valence-electron chi connectivity index (χ2n) is 8.61. The summed E-state index contributed by atoms with van der Waals surface area (Å²) in [5.41, 5.74) is 1.01. The van der Waals surface area contributed by atoms with Gasteiger partial charge in [-0.2, -0.15) is 0 Å². The number of hydrogen-bond acceptors (Lipinski definition) is 8. The van der Waals surface area contributed by atoms with Gasteiger partial charge in [-0.1, -0.05) is 6.08 Å². The Labute approximate surface area is 193 Å². The lowest BCUT2D eigenvalue weighted by atomic mass is 9.95. The van der Waals surface area contributed by atoms with E-state index >= 15 is 0 Å². The third-order valence-corrected chi connectivity index (χ3v) is 5.29. The average Bonchev–Trinajstić information content (AvgIpc) is 2.73. The van der Waals surface area contributed by atoms with Crippen LogP contribution in [-0.2, 0) is 25.4 Å². The van der Waals surface area contributed by atoms with Crippen molar-refractivity contribution in [3.8, 4) is 0 Å². The molecule has 0 spiro atoms. The number of carbonyl (C=O) groups is 2. The molecule has 1 amide bonds. The summed E-state index contributed by atoms with van der Waals surface area (Å²) >= 11 is 6.32. The first-order valence-electron chi connectivity index (χ1n) is 10.9. The maximum Gasteiger partial charge on any atom is 0.410 e. The fourth-order valence-electron chi connectivity index (χ4n) is 3.81. The highest BCUT2D eigenvalue weighted by molar-refractivity contribution is 6.28. The van der Waals surface area contributed by atoms with Crippen LogP contribution in [0.3, 0.4) is 0 Å². The van der Waals surface area contributed by atoms with E-state index in [4.69, 9.17) is 25.8 Å². The van der Waals surface area contributed by atoms with Gasteiger partial charge in [-0.25, -0.2) is 19.6 Å². The minimum atomic E-state index is -0.634. The van der Waals surface area contributed by atoms with Crippen LogP contribution in [0.15, 0.2) is 12.2 Å². The Morgan fingerprint density at radius 1 is 1.22 bits per heavy atom. The van der Waals surface area contributed by atoms with E-state index in [1.807, 2.05) is 20.8 Å². The molecule has 0 aromatic carbocycles. The molecule has 1 unspecified atom stereocenters. The van der Waals surface area contributed by atoms with Gasteiger partial charge in [0.2, 0.25) is 5.28 Å². The number of anilines is 1. The highest BCUT2D eigenvalue weighted by Crippen LogP contribution is 2.37. The van der Waals surface area contributed by atoms with Crippen molar-refractivity contribution >= 4 is 29.5 Å². The predicted octanol–water partition coefficient (Wildman–Crippen LogP) is 3.31. The molecule has 0 saturated carbocycles. The molecule has 0 bridgehead atoms. The smallest absolute Gasteiger partial charge is 0.410 e. The summed E-state index contributed by atoms with van der Waals surface area (Å²) < 4.78 is 16.1.